The molecule has 0 fully saturated rings. The lowest BCUT2D eigenvalue weighted by molar-refractivity contribution is 0.0933. The Morgan fingerprint density at radius 2 is 1.74 bits per heavy atom. The SMILES string of the molecule is CC(=O)c1ccccc1C(=O)NCCOc1cccc(Cl)c1Cl. The Morgan fingerprint density at radius 3 is 2.43 bits per heavy atom. The summed E-state index contributed by atoms with van der Waals surface area (Å²) in [5.41, 5.74) is 0.740. The second kappa shape index (κ2) is 7.99. The predicted octanol–water partition coefficient (Wildman–Crippen LogP) is 4.00. The molecule has 2 aromatic rings. The minimum atomic E-state index is -0.323. The second-order valence-corrected chi connectivity index (χ2v) is 5.54. The third-order valence-electron chi connectivity index (χ3n) is 3.11. The summed E-state index contributed by atoms with van der Waals surface area (Å²) < 4.78 is 5.48. The average Bonchev–Trinajstić information content (AvgIpc) is 2.55. The number of ether oxygens (including phenoxy) is 1. The molecule has 2 rings (SSSR count). The molecule has 0 saturated carbocycles. The molecule has 1 N–H and O–H groups in total. The number of hydrogen-bond acceptors (Lipinski definition) is 3. The Labute approximate surface area is 144 Å². The number of halogens is 2. The van der Waals surface area contributed by atoms with Crippen LogP contribution in [0.3, 0.4) is 0 Å². The molecule has 120 valence electrons. The molecule has 0 spiro atoms. The Kier molecular flexibility index (Phi) is 6.02. The van der Waals surface area contributed by atoms with Gasteiger partial charge in [-0.15, -0.1) is 0 Å². The Morgan fingerprint density at radius 1 is 1.04 bits per heavy atom. The van der Waals surface area contributed by atoms with Gasteiger partial charge in [0.1, 0.15) is 17.4 Å². The van der Waals surface area contributed by atoms with Crippen molar-refractivity contribution in [2.75, 3.05) is 13.2 Å². The number of amides is 1. The van der Waals surface area contributed by atoms with Gasteiger partial charge in [-0.1, -0.05) is 47.5 Å². The third kappa shape index (κ3) is 4.47. The van der Waals surface area contributed by atoms with Gasteiger partial charge >= 0.3 is 0 Å². The summed E-state index contributed by atoms with van der Waals surface area (Å²) >= 11 is 11.9. The summed E-state index contributed by atoms with van der Waals surface area (Å²) in [6.07, 6.45) is 0. The van der Waals surface area contributed by atoms with Crippen LogP contribution >= 0.6 is 23.2 Å². The fraction of sp³-hybridized carbons (Fsp3) is 0.176. The first-order valence-electron chi connectivity index (χ1n) is 6.95. The van der Waals surface area contributed by atoms with Gasteiger partial charge in [0.15, 0.2) is 5.78 Å². The van der Waals surface area contributed by atoms with E-state index in [9.17, 15) is 9.59 Å². The van der Waals surface area contributed by atoms with Gasteiger partial charge in [-0.05, 0) is 25.1 Å². The molecule has 2 aromatic carbocycles. The van der Waals surface area contributed by atoms with E-state index in [1.165, 1.54) is 6.92 Å². The van der Waals surface area contributed by atoms with Gasteiger partial charge in [0, 0.05) is 5.56 Å². The molecule has 1 amide bonds. The topological polar surface area (TPSA) is 55.4 Å². The zero-order valence-corrected chi connectivity index (χ0v) is 13.9. The number of carbonyl (C=O) groups excluding carboxylic acids is 2. The highest BCUT2D eigenvalue weighted by molar-refractivity contribution is 6.42. The number of rotatable bonds is 6. The van der Waals surface area contributed by atoms with Gasteiger partial charge in [-0.25, -0.2) is 0 Å². The van der Waals surface area contributed by atoms with E-state index in [4.69, 9.17) is 27.9 Å². The molecule has 6 heteroatoms. The van der Waals surface area contributed by atoms with E-state index in [2.05, 4.69) is 5.32 Å². The van der Waals surface area contributed by atoms with Gasteiger partial charge in [0.05, 0.1) is 17.1 Å². The van der Waals surface area contributed by atoms with Crippen LogP contribution in [-0.2, 0) is 0 Å². The minimum absolute atomic E-state index is 0.155. The van der Waals surface area contributed by atoms with E-state index in [-0.39, 0.29) is 24.8 Å². The van der Waals surface area contributed by atoms with Crippen LogP contribution in [0.15, 0.2) is 42.5 Å². The largest absolute Gasteiger partial charge is 0.490 e. The highest BCUT2D eigenvalue weighted by atomic mass is 35.5. The normalized spacial score (nSPS) is 10.2. The van der Waals surface area contributed by atoms with E-state index < -0.39 is 0 Å². The second-order valence-electron chi connectivity index (χ2n) is 4.76. The van der Waals surface area contributed by atoms with E-state index in [1.54, 1.807) is 42.5 Å². The zero-order valence-electron chi connectivity index (χ0n) is 12.4. The lowest BCUT2D eigenvalue weighted by Crippen LogP contribution is -2.29. The summed E-state index contributed by atoms with van der Waals surface area (Å²) in [7, 11) is 0. The first-order chi connectivity index (χ1) is 11.0. The number of nitrogens with one attached hydrogen (secondary N) is 1. The fourth-order valence-electron chi connectivity index (χ4n) is 2.00. The van der Waals surface area contributed by atoms with E-state index in [1.807, 2.05) is 0 Å². The van der Waals surface area contributed by atoms with Crippen LogP contribution < -0.4 is 10.1 Å². The monoisotopic (exact) mass is 351 g/mol. The first kappa shape index (κ1) is 17.3. The molecular formula is C17H15Cl2NO3. The van der Waals surface area contributed by atoms with Crippen molar-refractivity contribution in [1.82, 2.24) is 5.32 Å². The lowest BCUT2D eigenvalue weighted by Gasteiger charge is -2.11. The predicted molar refractivity (Wildman–Crippen MR) is 90.7 cm³/mol. The van der Waals surface area contributed by atoms with Crippen LogP contribution in [0, 0.1) is 0 Å². The average molecular weight is 352 g/mol. The smallest absolute Gasteiger partial charge is 0.252 e. The summed E-state index contributed by atoms with van der Waals surface area (Å²) in [6.45, 7) is 1.93. The quantitative estimate of drug-likeness (QED) is 0.631. The maximum atomic E-state index is 12.1. The molecule has 0 aliphatic carbocycles. The van der Waals surface area contributed by atoms with Crippen LogP contribution in [0.1, 0.15) is 27.6 Å². The van der Waals surface area contributed by atoms with Crippen molar-refractivity contribution in [2.45, 2.75) is 6.92 Å². The summed E-state index contributed by atoms with van der Waals surface area (Å²) in [4.78, 5) is 23.7. The van der Waals surface area contributed by atoms with E-state index in [0.29, 0.717) is 26.9 Å². The van der Waals surface area contributed by atoms with Crippen molar-refractivity contribution in [3.05, 3.63) is 63.6 Å². The van der Waals surface area contributed by atoms with Crippen LogP contribution in [0.25, 0.3) is 0 Å². The van der Waals surface area contributed by atoms with Crippen LogP contribution in [0.2, 0.25) is 10.0 Å². The van der Waals surface area contributed by atoms with Crippen molar-refractivity contribution in [3.63, 3.8) is 0 Å². The van der Waals surface area contributed by atoms with Crippen molar-refractivity contribution in [1.29, 1.82) is 0 Å². The molecule has 23 heavy (non-hydrogen) atoms. The van der Waals surface area contributed by atoms with Gasteiger partial charge in [-0.2, -0.15) is 0 Å². The minimum Gasteiger partial charge on any atom is -0.490 e. The van der Waals surface area contributed by atoms with Crippen molar-refractivity contribution < 1.29 is 14.3 Å². The molecular weight excluding hydrogens is 337 g/mol. The maximum absolute atomic E-state index is 12.1. The van der Waals surface area contributed by atoms with Gasteiger partial charge in [-0.3, -0.25) is 9.59 Å². The van der Waals surface area contributed by atoms with E-state index in [0.717, 1.165) is 0 Å². The number of carbonyl (C=O) groups is 2. The highest BCUT2D eigenvalue weighted by Crippen LogP contribution is 2.31. The summed E-state index contributed by atoms with van der Waals surface area (Å²) in [5, 5.41) is 3.45. The standard InChI is InChI=1S/C17H15Cl2NO3/c1-11(21)12-5-2-3-6-13(12)17(22)20-9-10-23-15-8-4-7-14(18)16(15)19/h2-8H,9-10H2,1H3,(H,20,22). The molecule has 0 saturated heterocycles. The molecule has 0 aliphatic heterocycles. The molecule has 0 heterocycles. The fourth-order valence-corrected chi connectivity index (χ4v) is 2.35. The van der Waals surface area contributed by atoms with Crippen molar-refractivity contribution >= 4 is 34.9 Å². The van der Waals surface area contributed by atoms with Crippen LogP contribution in [0.5, 0.6) is 5.75 Å². The summed E-state index contributed by atoms with van der Waals surface area (Å²) in [6, 6.07) is 11.8. The Bertz CT molecular complexity index is 732. The van der Waals surface area contributed by atoms with Gasteiger partial charge < -0.3 is 10.1 Å². The van der Waals surface area contributed by atoms with Gasteiger partial charge in [0.2, 0.25) is 0 Å². The molecule has 4 nitrogen and oxygen atoms in total. The molecule has 0 aliphatic rings. The third-order valence-corrected chi connectivity index (χ3v) is 3.91. The molecule has 0 aromatic heterocycles. The molecule has 0 atom stereocenters. The number of benzene rings is 2. The first-order valence-corrected chi connectivity index (χ1v) is 7.71. The number of ketones is 1. The zero-order chi connectivity index (χ0) is 16.8. The Balaban J connectivity index is 1.91. The summed E-state index contributed by atoms with van der Waals surface area (Å²) in [5.74, 6) is -0.0214. The lowest BCUT2D eigenvalue weighted by atomic mass is 10.0. The van der Waals surface area contributed by atoms with Crippen LogP contribution in [0.4, 0.5) is 0 Å². The Hall–Kier alpha value is -2.04. The molecule has 0 unspecified atom stereocenters. The highest BCUT2D eigenvalue weighted by Gasteiger charge is 2.13. The number of Topliss-reactive ketones (excluding diaryl/α,β-unsaturated/α-hetero) is 1. The van der Waals surface area contributed by atoms with Gasteiger partial charge in [0.25, 0.3) is 5.91 Å². The van der Waals surface area contributed by atoms with Crippen LogP contribution in [-0.4, -0.2) is 24.8 Å². The molecule has 0 bridgehead atoms. The maximum Gasteiger partial charge on any atom is 0.252 e. The van der Waals surface area contributed by atoms with Crippen molar-refractivity contribution in [3.8, 4) is 5.75 Å². The number of hydrogen-bond donors (Lipinski definition) is 1. The molecule has 0 radical (unpaired) electrons. The van der Waals surface area contributed by atoms with E-state index >= 15 is 0 Å². The van der Waals surface area contributed by atoms with Crippen molar-refractivity contribution in [2.24, 2.45) is 0 Å².